The second kappa shape index (κ2) is 11.8. The van der Waals surface area contributed by atoms with Gasteiger partial charge in [-0.15, -0.1) is 24.8 Å². The normalized spacial score (nSPS) is 11.1. The zero-order valence-corrected chi connectivity index (χ0v) is 15.3. The molecule has 0 aliphatic carbocycles. The lowest BCUT2D eigenvalue weighted by Gasteiger charge is -2.12. The van der Waals surface area contributed by atoms with Crippen molar-refractivity contribution in [2.45, 2.75) is 32.7 Å². The second-order valence-corrected chi connectivity index (χ2v) is 4.99. The van der Waals surface area contributed by atoms with Gasteiger partial charge in [-0.25, -0.2) is 0 Å². The quantitative estimate of drug-likeness (QED) is 0.732. The summed E-state index contributed by atoms with van der Waals surface area (Å²) < 4.78 is 5.14. The second-order valence-electron chi connectivity index (χ2n) is 4.99. The van der Waals surface area contributed by atoms with Crippen molar-refractivity contribution in [3.63, 3.8) is 0 Å². The van der Waals surface area contributed by atoms with E-state index in [1.807, 2.05) is 32.0 Å². The average Bonchev–Trinajstić information content (AvgIpc) is 3.01. The van der Waals surface area contributed by atoms with Crippen molar-refractivity contribution in [3.05, 3.63) is 30.3 Å². The van der Waals surface area contributed by atoms with Crippen LogP contribution in [-0.4, -0.2) is 40.2 Å². The first kappa shape index (κ1) is 22.3. The van der Waals surface area contributed by atoms with Gasteiger partial charge in [-0.3, -0.25) is 9.78 Å². The van der Waals surface area contributed by atoms with E-state index in [0.29, 0.717) is 36.8 Å². The summed E-state index contributed by atoms with van der Waals surface area (Å²) in [5, 5.41) is 9.98. The lowest BCUT2D eigenvalue weighted by molar-refractivity contribution is -0.121. The molecule has 0 radical (unpaired) electrons. The van der Waals surface area contributed by atoms with Crippen LogP contribution in [0.25, 0.3) is 11.5 Å². The smallest absolute Gasteiger partial charge is 0.227 e. The van der Waals surface area contributed by atoms with Crippen molar-refractivity contribution in [3.8, 4) is 11.5 Å². The fourth-order valence-electron chi connectivity index (χ4n) is 1.95. The van der Waals surface area contributed by atoms with E-state index >= 15 is 0 Å². The molecule has 0 saturated heterocycles. The minimum absolute atomic E-state index is 0. The first-order valence-electron chi connectivity index (χ1n) is 7.43. The van der Waals surface area contributed by atoms with Gasteiger partial charge in [0, 0.05) is 31.6 Å². The van der Waals surface area contributed by atoms with E-state index in [2.05, 4.69) is 25.8 Å². The molecule has 9 heteroatoms. The van der Waals surface area contributed by atoms with Gasteiger partial charge >= 0.3 is 0 Å². The molecule has 0 bridgehead atoms. The zero-order valence-electron chi connectivity index (χ0n) is 13.7. The van der Waals surface area contributed by atoms with Gasteiger partial charge in [0.15, 0.2) is 0 Å². The van der Waals surface area contributed by atoms with Crippen LogP contribution in [0.4, 0.5) is 0 Å². The van der Waals surface area contributed by atoms with Crippen LogP contribution in [0.2, 0.25) is 0 Å². The van der Waals surface area contributed by atoms with Crippen molar-refractivity contribution >= 4 is 30.7 Å². The van der Waals surface area contributed by atoms with Crippen molar-refractivity contribution in [2.75, 3.05) is 13.1 Å². The van der Waals surface area contributed by atoms with Crippen molar-refractivity contribution in [2.24, 2.45) is 0 Å². The van der Waals surface area contributed by atoms with Crippen LogP contribution in [0.3, 0.4) is 0 Å². The van der Waals surface area contributed by atoms with Gasteiger partial charge < -0.3 is 15.2 Å². The number of nitrogens with one attached hydrogen (secondary N) is 2. The zero-order chi connectivity index (χ0) is 15.8. The number of aryl methyl sites for hydroxylation is 1. The number of rotatable bonds is 8. The van der Waals surface area contributed by atoms with Gasteiger partial charge in [-0.1, -0.05) is 18.1 Å². The molecule has 134 valence electrons. The molecular formula is C15H23Cl2N5O2. The van der Waals surface area contributed by atoms with E-state index in [-0.39, 0.29) is 36.8 Å². The molecule has 2 aromatic heterocycles. The van der Waals surface area contributed by atoms with Gasteiger partial charge in [0.2, 0.25) is 17.6 Å². The summed E-state index contributed by atoms with van der Waals surface area (Å²) >= 11 is 0. The number of nitrogens with zero attached hydrogens (tertiary/aromatic N) is 3. The Balaban J connectivity index is 0.00000264. The lowest BCUT2D eigenvalue weighted by Crippen LogP contribution is -2.38. The highest BCUT2D eigenvalue weighted by Gasteiger charge is 2.11. The van der Waals surface area contributed by atoms with Crippen LogP contribution in [0.5, 0.6) is 0 Å². The summed E-state index contributed by atoms with van der Waals surface area (Å²) in [6.07, 6.45) is 2.41. The van der Waals surface area contributed by atoms with Crippen LogP contribution in [0.15, 0.2) is 28.9 Å². The monoisotopic (exact) mass is 375 g/mol. The van der Waals surface area contributed by atoms with Crippen LogP contribution < -0.4 is 10.6 Å². The lowest BCUT2D eigenvalue weighted by atomic mass is 10.2. The van der Waals surface area contributed by atoms with Gasteiger partial charge in [0.1, 0.15) is 5.69 Å². The van der Waals surface area contributed by atoms with E-state index in [4.69, 9.17) is 4.52 Å². The number of hydrogen-bond acceptors (Lipinski definition) is 6. The Labute approximate surface area is 153 Å². The van der Waals surface area contributed by atoms with Gasteiger partial charge in [-0.05, 0) is 25.6 Å². The maximum absolute atomic E-state index is 11.8. The SMILES string of the molecule is CCN[C@H](C)CNC(=O)CCc1nc(-c2ccccn2)no1.Cl.Cl. The van der Waals surface area contributed by atoms with E-state index in [9.17, 15) is 4.79 Å². The van der Waals surface area contributed by atoms with Crippen molar-refractivity contribution in [1.29, 1.82) is 0 Å². The summed E-state index contributed by atoms with van der Waals surface area (Å²) in [4.78, 5) is 20.2. The largest absolute Gasteiger partial charge is 0.355 e. The van der Waals surface area contributed by atoms with Crippen molar-refractivity contribution < 1.29 is 9.32 Å². The maximum Gasteiger partial charge on any atom is 0.227 e. The number of hydrogen-bond donors (Lipinski definition) is 2. The van der Waals surface area contributed by atoms with Gasteiger partial charge in [-0.2, -0.15) is 4.98 Å². The van der Waals surface area contributed by atoms with Gasteiger partial charge in [0.25, 0.3) is 0 Å². The number of carbonyl (C=O) groups is 1. The predicted octanol–water partition coefficient (Wildman–Crippen LogP) is 2.02. The highest BCUT2D eigenvalue weighted by atomic mass is 35.5. The standard InChI is InChI=1S/C15H21N5O2.2ClH/c1-3-16-11(2)10-18-13(21)7-8-14-19-15(20-22-14)12-6-4-5-9-17-12;;/h4-6,9,11,16H,3,7-8,10H2,1-2H3,(H,18,21);2*1H/t11-;;/m1../s1. The Hall–Kier alpha value is -1.70. The fraction of sp³-hybridized carbons (Fsp3) is 0.467. The first-order chi connectivity index (χ1) is 10.7. The third kappa shape index (κ3) is 7.25. The van der Waals surface area contributed by atoms with Crippen molar-refractivity contribution in [1.82, 2.24) is 25.8 Å². The molecule has 24 heavy (non-hydrogen) atoms. The van der Waals surface area contributed by atoms with Gasteiger partial charge in [0.05, 0.1) is 0 Å². The molecule has 1 atom stereocenters. The molecule has 0 aliphatic rings. The molecule has 2 N–H and O–H groups in total. The number of halogens is 2. The summed E-state index contributed by atoms with van der Waals surface area (Å²) in [7, 11) is 0. The average molecular weight is 376 g/mol. The molecule has 0 spiro atoms. The highest BCUT2D eigenvalue weighted by molar-refractivity contribution is 5.85. The van der Waals surface area contributed by atoms with Crippen LogP contribution >= 0.6 is 24.8 Å². The summed E-state index contributed by atoms with van der Waals surface area (Å²) in [6, 6.07) is 5.75. The molecule has 7 nitrogen and oxygen atoms in total. The number of carbonyl (C=O) groups excluding carboxylic acids is 1. The predicted molar refractivity (Wildman–Crippen MR) is 96.5 cm³/mol. The van der Waals surface area contributed by atoms with E-state index in [1.165, 1.54) is 0 Å². The summed E-state index contributed by atoms with van der Waals surface area (Å²) in [6.45, 7) is 5.55. The fourth-order valence-corrected chi connectivity index (χ4v) is 1.95. The maximum atomic E-state index is 11.8. The minimum atomic E-state index is -0.0256. The molecule has 0 saturated carbocycles. The molecular weight excluding hydrogens is 353 g/mol. The summed E-state index contributed by atoms with van der Waals surface area (Å²) in [5.41, 5.74) is 0.654. The van der Waals surface area contributed by atoms with Crippen LogP contribution in [0, 0.1) is 0 Å². The first-order valence-corrected chi connectivity index (χ1v) is 7.43. The highest BCUT2D eigenvalue weighted by Crippen LogP contribution is 2.12. The Morgan fingerprint density at radius 2 is 2.12 bits per heavy atom. The Kier molecular flexibility index (Phi) is 10.9. The Morgan fingerprint density at radius 1 is 1.33 bits per heavy atom. The molecule has 0 aliphatic heterocycles. The third-order valence-electron chi connectivity index (χ3n) is 3.09. The number of likely N-dealkylation sites (N-methyl/N-ethyl adjacent to an activating group) is 1. The third-order valence-corrected chi connectivity index (χ3v) is 3.09. The van der Waals surface area contributed by atoms with E-state index in [0.717, 1.165) is 6.54 Å². The molecule has 2 aromatic rings. The topological polar surface area (TPSA) is 92.9 Å². The van der Waals surface area contributed by atoms with Crippen LogP contribution in [-0.2, 0) is 11.2 Å². The Bertz CT molecular complexity index is 595. The van der Waals surface area contributed by atoms with E-state index in [1.54, 1.807) is 6.20 Å². The molecule has 1 amide bonds. The molecule has 0 aromatic carbocycles. The minimum Gasteiger partial charge on any atom is -0.355 e. The molecule has 2 heterocycles. The van der Waals surface area contributed by atoms with Crippen LogP contribution in [0.1, 0.15) is 26.2 Å². The number of pyridine rings is 1. The van der Waals surface area contributed by atoms with E-state index < -0.39 is 0 Å². The number of amides is 1. The molecule has 2 rings (SSSR count). The number of aromatic nitrogens is 3. The summed E-state index contributed by atoms with van der Waals surface area (Å²) in [5.74, 6) is 0.856. The Morgan fingerprint density at radius 3 is 2.79 bits per heavy atom. The molecule has 0 unspecified atom stereocenters. The molecule has 0 fully saturated rings.